The Morgan fingerprint density at radius 1 is 0.829 bits per heavy atom. The Kier molecular flexibility index (Phi) is 5.25. The number of aromatic amines is 2. The van der Waals surface area contributed by atoms with Crippen LogP contribution in [0.1, 0.15) is 5.56 Å². The van der Waals surface area contributed by atoms with Gasteiger partial charge in [0.2, 0.25) is 5.82 Å². The van der Waals surface area contributed by atoms with Crippen molar-refractivity contribution in [1.82, 2.24) is 30.1 Å². The maximum atomic E-state index is 5.09. The summed E-state index contributed by atoms with van der Waals surface area (Å²) in [5.41, 5.74) is 11.4. The van der Waals surface area contributed by atoms with E-state index in [1.807, 2.05) is 24.3 Å². The standard InChI is InChI=1S/C27H20N8/c28-15-17-6-8-19(9-7-17)24-20(18-4-2-1-3-5-18)14-21-22(32-24)10-11-31-25(21)27-33-26(34-35-27)23-16-29-12-13-30-23/h1-14,16H,15,28H2,(H,33,34,35)/p+2. The van der Waals surface area contributed by atoms with Crippen LogP contribution in [0.25, 0.3) is 56.3 Å². The van der Waals surface area contributed by atoms with Crippen molar-refractivity contribution in [2.75, 3.05) is 0 Å². The molecular formula is C27H22N8+2. The molecule has 0 saturated heterocycles. The highest BCUT2D eigenvalue weighted by Gasteiger charge is 2.18. The van der Waals surface area contributed by atoms with Crippen LogP contribution in [-0.4, -0.2) is 30.1 Å². The van der Waals surface area contributed by atoms with Gasteiger partial charge in [-0.15, -0.1) is 0 Å². The molecule has 0 bridgehead atoms. The Hall–Kier alpha value is -4.82. The molecule has 0 aliphatic heterocycles. The van der Waals surface area contributed by atoms with E-state index in [0.717, 1.165) is 39.8 Å². The second-order valence-corrected chi connectivity index (χ2v) is 8.07. The number of fused-ring (bicyclic) bond motifs is 1. The molecule has 35 heavy (non-hydrogen) atoms. The lowest BCUT2D eigenvalue weighted by molar-refractivity contribution is -0.386. The van der Waals surface area contributed by atoms with Crippen molar-refractivity contribution in [3.8, 4) is 45.4 Å². The van der Waals surface area contributed by atoms with E-state index in [-0.39, 0.29) is 0 Å². The van der Waals surface area contributed by atoms with Gasteiger partial charge in [-0.1, -0.05) is 54.6 Å². The molecule has 0 radical (unpaired) electrons. The van der Waals surface area contributed by atoms with Crippen molar-refractivity contribution < 1.29 is 10.7 Å². The first-order valence-electron chi connectivity index (χ1n) is 11.3. The molecule has 0 fully saturated rings. The predicted octanol–water partition coefficient (Wildman–Crippen LogP) is 3.37. The fourth-order valence-corrected chi connectivity index (χ4v) is 4.10. The molecule has 8 heteroatoms. The lowest BCUT2D eigenvalue weighted by Gasteiger charge is -2.13. The van der Waals surface area contributed by atoms with Gasteiger partial charge in [0.25, 0.3) is 0 Å². The first kappa shape index (κ1) is 20.8. The van der Waals surface area contributed by atoms with Gasteiger partial charge in [0.1, 0.15) is 5.69 Å². The summed E-state index contributed by atoms with van der Waals surface area (Å²) in [6.45, 7) is 0.752. The van der Waals surface area contributed by atoms with E-state index < -0.39 is 0 Å². The molecule has 0 saturated carbocycles. The third-order valence-corrected chi connectivity index (χ3v) is 5.89. The smallest absolute Gasteiger partial charge is 0.206 e. The van der Waals surface area contributed by atoms with Crippen molar-refractivity contribution in [3.63, 3.8) is 0 Å². The highest BCUT2D eigenvalue weighted by molar-refractivity contribution is 5.97. The Balaban J connectivity index is 1.54. The molecule has 6 aromatic rings. The fourth-order valence-electron chi connectivity index (χ4n) is 4.10. The lowest BCUT2D eigenvalue weighted by Crippen LogP contribution is -2.47. The molecule has 8 nitrogen and oxygen atoms in total. The molecule has 0 amide bonds. The third-order valence-electron chi connectivity index (χ3n) is 5.89. The molecule has 4 aromatic heterocycles. The van der Waals surface area contributed by atoms with E-state index in [1.54, 1.807) is 24.8 Å². The minimum Gasteiger partial charge on any atom is -0.354 e. The average Bonchev–Trinajstić information content (AvgIpc) is 3.43. The van der Waals surface area contributed by atoms with E-state index in [1.165, 1.54) is 5.56 Å². The van der Waals surface area contributed by atoms with Gasteiger partial charge in [0, 0.05) is 28.3 Å². The number of pyridine rings is 2. The largest absolute Gasteiger partial charge is 0.354 e. The second-order valence-electron chi connectivity index (χ2n) is 8.07. The van der Waals surface area contributed by atoms with Crippen molar-refractivity contribution in [3.05, 3.63) is 97.1 Å². The summed E-state index contributed by atoms with van der Waals surface area (Å²) in [5.74, 6) is 1.05. The predicted molar refractivity (Wildman–Crippen MR) is 132 cm³/mol. The van der Waals surface area contributed by atoms with E-state index in [0.29, 0.717) is 23.0 Å². The van der Waals surface area contributed by atoms with E-state index >= 15 is 0 Å². The second kappa shape index (κ2) is 8.85. The van der Waals surface area contributed by atoms with Gasteiger partial charge in [0.15, 0.2) is 23.9 Å². The van der Waals surface area contributed by atoms with Gasteiger partial charge in [-0.2, -0.15) is 5.10 Å². The first-order chi connectivity index (χ1) is 17.3. The van der Waals surface area contributed by atoms with Gasteiger partial charge < -0.3 is 5.73 Å². The summed E-state index contributed by atoms with van der Waals surface area (Å²) >= 11 is 0. The van der Waals surface area contributed by atoms with Gasteiger partial charge >= 0.3 is 0 Å². The number of rotatable bonds is 5. The minimum absolute atomic E-state index is 0.494. The van der Waals surface area contributed by atoms with Crippen LogP contribution in [0.15, 0.2) is 91.5 Å². The SMILES string of the molecule is [NH3+]Cc1ccc(-c2nc3ccnc(-c4nc(-c5c[nH+]ccn5)n[nH]4)c3cc2-c2ccccc2)cc1. The summed E-state index contributed by atoms with van der Waals surface area (Å²) in [5, 5.41) is 8.26. The van der Waals surface area contributed by atoms with Gasteiger partial charge in [-0.05, 0) is 17.7 Å². The Morgan fingerprint density at radius 2 is 1.69 bits per heavy atom. The number of aromatic nitrogens is 7. The average molecular weight is 459 g/mol. The topological polar surface area (TPSA) is 122 Å². The highest BCUT2D eigenvalue weighted by Crippen LogP contribution is 2.35. The van der Waals surface area contributed by atoms with Crippen molar-refractivity contribution in [2.24, 2.45) is 0 Å². The van der Waals surface area contributed by atoms with Crippen molar-refractivity contribution in [2.45, 2.75) is 6.54 Å². The van der Waals surface area contributed by atoms with Crippen LogP contribution in [0.2, 0.25) is 0 Å². The number of nitrogens with zero attached hydrogens (tertiary/aromatic N) is 5. The maximum Gasteiger partial charge on any atom is 0.206 e. The van der Waals surface area contributed by atoms with E-state index in [2.05, 4.69) is 78.3 Å². The van der Waals surface area contributed by atoms with E-state index in [9.17, 15) is 0 Å². The third kappa shape index (κ3) is 3.92. The normalized spacial score (nSPS) is 11.1. The summed E-state index contributed by atoms with van der Waals surface area (Å²) in [7, 11) is 0. The van der Waals surface area contributed by atoms with Crippen LogP contribution in [0.4, 0.5) is 0 Å². The Bertz CT molecular complexity index is 1610. The van der Waals surface area contributed by atoms with E-state index in [4.69, 9.17) is 4.98 Å². The molecular weight excluding hydrogens is 436 g/mol. The fraction of sp³-hybridized carbons (Fsp3) is 0.0370. The molecule has 0 spiro atoms. The van der Waals surface area contributed by atoms with Crippen LogP contribution in [0, 0.1) is 0 Å². The Morgan fingerprint density at radius 3 is 2.46 bits per heavy atom. The number of nitrogens with one attached hydrogen (secondary N) is 2. The molecule has 2 aromatic carbocycles. The number of quaternary nitrogens is 1. The number of hydrogen-bond donors (Lipinski definition) is 2. The zero-order valence-electron chi connectivity index (χ0n) is 18.8. The summed E-state index contributed by atoms with van der Waals surface area (Å²) < 4.78 is 0. The van der Waals surface area contributed by atoms with Crippen LogP contribution < -0.4 is 10.7 Å². The summed E-state index contributed by atoms with van der Waals surface area (Å²) in [6, 6.07) is 22.8. The molecule has 0 aliphatic carbocycles. The van der Waals surface area contributed by atoms with Crippen LogP contribution in [-0.2, 0) is 6.54 Å². The number of H-pyrrole nitrogens is 2. The quantitative estimate of drug-likeness (QED) is 0.410. The van der Waals surface area contributed by atoms with Crippen molar-refractivity contribution >= 4 is 10.9 Å². The number of benzene rings is 2. The van der Waals surface area contributed by atoms with Crippen LogP contribution in [0.5, 0.6) is 0 Å². The molecule has 168 valence electrons. The maximum absolute atomic E-state index is 5.09. The highest BCUT2D eigenvalue weighted by atomic mass is 15.2. The van der Waals surface area contributed by atoms with Crippen molar-refractivity contribution in [1.29, 1.82) is 0 Å². The Labute approximate surface area is 201 Å². The van der Waals surface area contributed by atoms with Crippen LogP contribution >= 0.6 is 0 Å². The first-order valence-corrected chi connectivity index (χ1v) is 11.3. The molecule has 0 aliphatic rings. The molecule has 5 N–H and O–H groups in total. The van der Waals surface area contributed by atoms with Gasteiger partial charge in [-0.25, -0.2) is 19.9 Å². The zero-order valence-corrected chi connectivity index (χ0v) is 18.8. The van der Waals surface area contributed by atoms with Gasteiger partial charge in [-0.3, -0.25) is 10.1 Å². The minimum atomic E-state index is 0.494. The summed E-state index contributed by atoms with van der Waals surface area (Å²) in [6.07, 6.45) is 6.91. The monoisotopic (exact) mass is 458 g/mol. The number of hydrogen-bond acceptors (Lipinski definition) is 5. The summed E-state index contributed by atoms with van der Waals surface area (Å²) in [4.78, 5) is 21.7. The lowest BCUT2D eigenvalue weighted by atomic mass is 9.96. The van der Waals surface area contributed by atoms with Crippen LogP contribution in [0.3, 0.4) is 0 Å². The molecule has 0 atom stereocenters. The van der Waals surface area contributed by atoms with Gasteiger partial charge in [0.05, 0.1) is 24.0 Å². The molecule has 0 unspecified atom stereocenters. The molecule has 6 rings (SSSR count). The molecule has 4 heterocycles. The zero-order chi connectivity index (χ0) is 23.6.